The number of carbonyl (C=O) groups excluding carboxylic acids is 4. The number of aromatic nitrogens is 3. The molecule has 0 spiro atoms. The van der Waals surface area contributed by atoms with Crippen LogP contribution in [-0.4, -0.2) is 55.4 Å². The molecule has 0 radical (unpaired) electrons. The molecule has 0 aromatic carbocycles. The first-order valence-electron chi connectivity index (χ1n) is 10.4. The summed E-state index contributed by atoms with van der Waals surface area (Å²) in [7, 11) is 7.49. The minimum absolute atomic E-state index is 0.272. The summed E-state index contributed by atoms with van der Waals surface area (Å²) in [4.78, 5) is 51.1. The van der Waals surface area contributed by atoms with E-state index in [1.165, 1.54) is 6.07 Å². The minimum Gasteiger partial charge on any atom is -0.368 e. The van der Waals surface area contributed by atoms with Gasteiger partial charge in [0.1, 0.15) is 17.1 Å². The molecule has 178 valence electrons. The molecule has 4 heterocycles. The van der Waals surface area contributed by atoms with Gasteiger partial charge >= 0.3 is 6.03 Å². The van der Waals surface area contributed by atoms with Crippen LogP contribution in [0.2, 0.25) is 0 Å². The fraction of sp³-hybridized carbons (Fsp3) is 0.238. The van der Waals surface area contributed by atoms with E-state index in [0.717, 1.165) is 10.6 Å². The van der Waals surface area contributed by atoms with Crippen LogP contribution in [0, 0.1) is 0 Å². The van der Waals surface area contributed by atoms with Crippen molar-refractivity contribution in [3.05, 3.63) is 53.9 Å². The largest absolute Gasteiger partial charge is 0.368 e. The predicted octanol–water partition coefficient (Wildman–Crippen LogP) is 1.57. The third kappa shape index (κ3) is 4.40. The second-order valence-electron chi connectivity index (χ2n) is 7.92. The number of nitrogens with zero attached hydrogens (tertiary/aromatic N) is 4. The summed E-state index contributed by atoms with van der Waals surface area (Å²) in [5.74, 6) is -1.17. The van der Waals surface area contributed by atoms with Crippen LogP contribution < -0.4 is 21.0 Å². The fourth-order valence-electron chi connectivity index (χ4n) is 3.77. The molecule has 0 saturated carbocycles. The van der Waals surface area contributed by atoms with Crippen molar-refractivity contribution in [3.8, 4) is 0 Å². The van der Waals surface area contributed by atoms with Crippen molar-refractivity contribution in [2.24, 2.45) is 21.1 Å². The fourth-order valence-corrected chi connectivity index (χ4v) is 3.93. The van der Waals surface area contributed by atoms with Gasteiger partial charge in [-0.3, -0.25) is 19.3 Å². The lowest BCUT2D eigenvalue weighted by atomic mass is 10.3. The zero-order valence-electron chi connectivity index (χ0n) is 18.9. The van der Waals surface area contributed by atoms with E-state index in [0.29, 0.717) is 35.9 Å². The van der Waals surface area contributed by atoms with Gasteiger partial charge in [0.05, 0.1) is 17.1 Å². The molecule has 5 amide bonds. The molecule has 3 aromatic rings. The number of carbonyl (C=O) groups is 4. The average molecular weight is 484 g/mol. The number of amides is 5. The molecule has 1 atom stereocenters. The maximum absolute atomic E-state index is 12.9. The van der Waals surface area contributed by atoms with Gasteiger partial charge in [0.15, 0.2) is 0 Å². The normalized spacial score (nSPS) is 13.1. The van der Waals surface area contributed by atoms with Gasteiger partial charge in [-0.2, -0.15) is 0 Å². The smallest absolute Gasteiger partial charge is 0.324 e. The van der Waals surface area contributed by atoms with Gasteiger partial charge in [0.25, 0.3) is 17.7 Å². The van der Waals surface area contributed by atoms with Crippen LogP contribution in [-0.2, 0) is 21.1 Å². The SMILES string of the molecule is Cn1cc(NP)cc1C(=O)Nc1cc(C(=O)Nc2cc(C(=O)N3CCNC3=O)n(C)c2)n(C)c1. The van der Waals surface area contributed by atoms with Crippen molar-refractivity contribution in [2.75, 3.05) is 28.8 Å². The zero-order valence-corrected chi connectivity index (χ0v) is 20.0. The maximum atomic E-state index is 12.9. The zero-order chi connectivity index (χ0) is 24.6. The van der Waals surface area contributed by atoms with Crippen LogP contribution in [0.15, 0.2) is 36.8 Å². The second-order valence-corrected chi connectivity index (χ2v) is 8.20. The first-order chi connectivity index (χ1) is 16.2. The molecule has 12 nitrogen and oxygen atoms in total. The third-order valence-corrected chi connectivity index (χ3v) is 5.82. The van der Waals surface area contributed by atoms with Gasteiger partial charge in [-0.05, 0) is 27.6 Å². The number of urea groups is 1. The summed E-state index contributed by atoms with van der Waals surface area (Å²) in [6, 6.07) is 4.35. The maximum Gasteiger partial charge on any atom is 0.324 e. The van der Waals surface area contributed by atoms with Gasteiger partial charge in [0, 0.05) is 52.8 Å². The highest BCUT2D eigenvalue weighted by molar-refractivity contribution is 7.18. The molecule has 3 aromatic heterocycles. The topological polar surface area (TPSA) is 134 Å². The number of hydrogen-bond donors (Lipinski definition) is 4. The molecule has 1 aliphatic heterocycles. The molecule has 1 saturated heterocycles. The Kier molecular flexibility index (Phi) is 6.16. The molecule has 4 rings (SSSR count). The van der Waals surface area contributed by atoms with E-state index in [9.17, 15) is 19.2 Å². The van der Waals surface area contributed by atoms with E-state index in [1.54, 1.807) is 65.6 Å². The number of nitrogens with one attached hydrogen (secondary N) is 4. The van der Waals surface area contributed by atoms with E-state index in [4.69, 9.17) is 0 Å². The lowest BCUT2D eigenvalue weighted by molar-refractivity contribution is 0.0819. The highest BCUT2D eigenvalue weighted by atomic mass is 31.0. The molecular weight excluding hydrogens is 459 g/mol. The Bertz CT molecular complexity index is 1300. The Morgan fingerprint density at radius 1 is 0.824 bits per heavy atom. The monoisotopic (exact) mass is 484 g/mol. The molecule has 1 unspecified atom stereocenters. The molecule has 34 heavy (non-hydrogen) atoms. The molecular formula is C21H25N8O4P. The van der Waals surface area contributed by atoms with Crippen LogP contribution in [0.25, 0.3) is 0 Å². The Hall–Kier alpha value is -4.05. The van der Waals surface area contributed by atoms with Crippen molar-refractivity contribution in [1.29, 1.82) is 0 Å². The van der Waals surface area contributed by atoms with E-state index in [1.807, 2.05) is 0 Å². The lowest BCUT2D eigenvalue weighted by Gasteiger charge is -2.12. The van der Waals surface area contributed by atoms with Gasteiger partial charge in [-0.1, -0.05) is 0 Å². The van der Waals surface area contributed by atoms with Crippen molar-refractivity contribution >= 4 is 50.2 Å². The van der Waals surface area contributed by atoms with Crippen molar-refractivity contribution in [3.63, 3.8) is 0 Å². The predicted molar refractivity (Wildman–Crippen MR) is 130 cm³/mol. The van der Waals surface area contributed by atoms with E-state index >= 15 is 0 Å². The van der Waals surface area contributed by atoms with Crippen LogP contribution >= 0.6 is 9.39 Å². The Morgan fingerprint density at radius 2 is 1.29 bits per heavy atom. The molecule has 0 bridgehead atoms. The minimum atomic E-state index is -0.442. The van der Waals surface area contributed by atoms with Crippen LogP contribution in [0.3, 0.4) is 0 Å². The lowest BCUT2D eigenvalue weighted by Crippen LogP contribution is -2.35. The molecule has 1 fully saturated rings. The number of imide groups is 1. The Labute approximate surface area is 197 Å². The number of rotatable bonds is 6. The highest BCUT2D eigenvalue weighted by Gasteiger charge is 2.29. The van der Waals surface area contributed by atoms with Crippen molar-refractivity contribution in [1.82, 2.24) is 23.9 Å². The average Bonchev–Trinajstić information content (AvgIpc) is 3.55. The molecule has 1 aliphatic rings. The van der Waals surface area contributed by atoms with Crippen LogP contribution in [0.5, 0.6) is 0 Å². The van der Waals surface area contributed by atoms with Gasteiger partial charge in [0.2, 0.25) is 0 Å². The van der Waals surface area contributed by atoms with Crippen LogP contribution in [0.1, 0.15) is 31.5 Å². The summed E-state index contributed by atoms with van der Waals surface area (Å²) in [6.45, 7) is 0.700. The quantitative estimate of drug-likeness (QED) is 0.394. The van der Waals surface area contributed by atoms with Crippen LogP contribution in [0.4, 0.5) is 21.9 Å². The Morgan fingerprint density at radius 3 is 1.76 bits per heavy atom. The molecule has 0 aliphatic carbocycles. The number of hydrogen-bond acceptors (Lipinski definition) is 5. The third-order valence-electron chi connectivity index (χ3n) is 5.48. The summed E-state index contributed by atoms with van der Waals surface area (Å²) in [6.07, 6.45) is 5.01. The summed E-state index contributed by atoms with van der Waals surface area (Å²) in [5.41, 5.74) is 2.68. The Balaban J connectivity index is 1.46. The summed E-state index contributed by atoms with van der Waals surface area (Å²) >= 11 is 0. The first-order valence-corrected chi connectivity index (χ1v) is 10.9. The van der Waals surface area contributed by atoms with Crippen molar-refractivity contribution < 1.29 is 19.2 Å². The molecule has 4 N–H and O–H groups in total. The van der Waals surface area contributed by atoms with E-state index in [-0.39, 0.29) is 11.6 Å². The summed E-state index contributed by atoms with van der Waals surface area (Å²) in [5, 5.41) is 11.0. The summed E-state index contributed by atoms with van der Waals surface area (Å²) < 4.78 is 4.84. The second kappa shape index (κ2) is 9.06. The standard InChI is InChI=1S/C21H25N8O4P/c1-26-9-12(23-19(31)16-8-14(25-34)11-27(16)2)6-15(26)18(30)24-13-7-17(28(3)10-13)20(32)29-5-4-22-21(29)33/h6-11,25H,4-5,34H2,1-3H3,(H,22,33)(H,23,31)(H,24,30). The van der Waals surface area contributed by atoms with E-state index in [2.05, 4.69) is 30.4 Å². The number of aryl methyl sites for hydroxylation is 3. The van der Waals surface area contributed by atoms with Gasteiger partial charge in [-0.25, -0.2) is 4.79 Å². The number of anilines is 3. The van der Waals surface area contributed by atoms with E-state index < -0.39 is 17.8 Å². The van der Waals surface area contributed by atoms with Gasteiger partial charge < -0.3 is 34.7 Å². The molecule has 13 heteroatoms. The van der Waals surface area contributed by atoms with Crippen molar-refractivity contribution in [2.45, 2.75) is 0 Å². The highest BCUT2D eigenvalue weighted by Crippen LogP contribution is 2.20. The van der Waals surface area contributed by atoms with Gasteiger partial charge in [-0.15, -0.1) is 0 Å². The first kappa shape index (κ1) is 23.1.